The van der Waals surface area contributed by atoms with Gasteiger partial charge in [-0.2, -0.15) is 0 Å². The lowest BCUT2D eigenvalue weighted by atomic mass is 9.89. The third kappa shape index (κ3) is 5.18. The summed E-state index contributed by atoms with van der Waals surface area (Å²) in [6.45, 7) is 6.85. The molecule has 0 aromatic carbocycles. The van der Waals surface area contributed by atoms with E-state index in [1.807, 2.05) is 13.8 Å². The van der Waals surface area contributed by atoms with E-state index in [2.05, 4.69) is 0 Å². The molecule has 0 aliphatic carbocycles. The zero-order chi connectivity index (χ0) is 17.7. The second-order valence-corrected chi connectivity index (χ2v) is 5.79. The molecule has 0 unspecified atom stereocenters. The highest BCUT2D eigenvalue weighted by Crippen LogP contribution is 2.31. The number of carbonyl (C=O) groups is 3. The molecule has 0 aromatic rings. The number of aliphatic hydroxyl groups is 1. The molecule has 5 atom stereocenters. The summed E-state index contributed by atoms with van der Waals surface area (Å²) < 4.78 is 21.4. The Morgan fingerprint density at radius 1 is 0.913 bits per heavy atom. The fourth-order valence-corrected chi connectivity index (χ4v) is 2.61. The number of esters is 3. The summed E-state index contributed by atoms with van der Waals surface area (Å²) in [7, 11) is 0. The van der Waals surface area contributed by atoms with Crippen LogP contribution in [0.1, 0.15) is 34.6 Å². The number of hydrogen-bond acceptors (Lipinski definition) is 8. The second kappa shape index (κ2) is 8.26. The highest BCUT2D eigenvalue weighted by molar-refractivity contribution is 5.68. The Morgan fingerprint density at radius 2 is 1.35 bits per heavy atom. The van der Waals surface area contributed by atoms with Crippen LogP contribution in [0.5, 0.6) is 0 Å². The molecular formula is C15H24O8. The first-order valence-electron chi connectivity index (χ1n) is 7.45. The molecule has 0 saturated carbocycles. The summed E-state index contributed by atoms with van der Waals surface area (Å²) in [6, 6.07) is 0. The van der Waals surface area contributed by atoms with Crippen molar-refractivity contribution in [1.29, 1.82) is 0 Å². The van der Waals surface area contributed by atoms with Gasteiger partial charge in [0.15, 0.2) is 18.3 Å². The Morgan fingerprint density at radius 3 is 1.74 bits per heavy atom. The minimum Gasteiger partial charge on any atom is -0.456 e. The van der Waals surface area contributed by atoms with Gasteiger partial charge in [-0.3, -0.25) is 14.4 Å². The average molecular weight is 332 g/mol. The standard InChI is InChI=1S/C15H24O8/c1-7(2)12-14(21-9(4)18)15(22-10(5)19)13(20-8(3)17)11(6-16)23-12/h7,11-16H,6H2,1-5H3/t11-,12+,13+,14+,15+/m1/s1. The van der Waals surface area contributed by atoms with Crippen LogP contribution in [0.25, 0.3) is 0 Å². The van der Waals surface area contributed by atoms with Crippen molar-refractivity contribution in [3.05, 3.63) is 0 Å². The second-order valence-electron chi connectivity index (χ2n) is 5.79. The maximum absolute atomic E-state index is 11.4. The van der Waals surface area contributed by atoms with E-state index in [1.165, 1.54) is 20.8 Å². The zero-order valence-electron chi connectivity index (χ0n) is 14.0. The van der Waals surface area contributed by atoms with Gasteiger partial charge in [0.05, 0.1) is 6.61 Å². The maximum atomic E-state index is 11.4. The van der Waals surface area contributed by atoms with Crippen molar-refractivity contribution in [1.82, 2.24) is 0 Å². The Bertz CT molecular complexity index is 447. The smallest absolute Gasteiger partial charge is 0.303 e. The van der Waals surface area contributed by atoms with E-state index < -0.39 is 55.0 Å². The van der Waals surface area contributed by atoms with Crippen molar-refractivity contribution < 1.29 is 38.4 Å². The lowest BCUT2D eigenvalue weighted by Gasteiger charge is -2.45. The molecule has 1 heterocycles. The zero-order valence-corrected chi connectivity index (χ0v) is 14.0. The van der Waals surface area contributed by atoms with Gasteiger partial charge in [0, 0.05) is 20.8 Å². The van der Waals surface area contributed by atoms with E-state index in [0.29, 0.717) is 0 Å². The van der Waals surface area contributed by atoms with E-state index >= 15 is 0 Å². The van der Waals surface area contributed by atoms with E-state index in [-0.39, 0.29) is 5.92 Å². The molecule has 23 heavy (non-hydrogen) atoms. The Hall–Kier alpha value is -1.67. The van der Waals surface area contributed by atoms with Crippen LogP contribution in [0.15, 0.2) is 0 Å². The number of ether oxygens (including phenoxy) is 4. The van der Waals surface area contributed by atoms with Gasteiger partial charge in [-0.15, -0.1) is 0 Å². The summed E-state index contributed by atoms with van der Waals surface area (Å²) in [6.07, 6.45) is -4.57. The molecule has 0 spiro atoms. The SMILES string of the molecule is CC(=O)O[C@H]1[C@@H](OC(C)=O)[C@@H](CO)O[C@@H](C(C)C)[C@@H]1OC(C)=O. The quantitative estimate of drug-likeness (QED) is 0.562. The molecule has 1 fully saturated rings. The predicted molar refractivity (Wildman–Crippen MR) is 77.2 cm³/mol. The number of carbonyl (C=O) groups excluding carboxylic acids is 3. The molecule has 0 radical (unpaired) electrons. The van der Waals surface area contributed by atoms with Gasteiger partial charge >= 0.3 is 17.9 Å². The lowest BCUT2D eigenvalue weighted by molar-refractivity contribution is -0.257. The highest BCUT2D eigenvalue weighted by atomic mass is 16.6. The summed E-state index contributed by atoms with van der Waals surface area (Å²) in [5, 5.41) is 9.53. The van der Waals surface area contributed by atoms with Crippen molar-refractivity contribution in [3.63, 3.8) is 0 Å². The third-order valence-corrected chi connectivity index (χ3v) is 3.41. The number of rotatable bonds is 5. The van der Waals surface area contributed by atoms with E-state index in [1.54, 1.807) is 0 Å². The van der Waals surface area contributed by atoms with Gasteiger partial charge in [-0.1, -0.05) is 13.8 Å². The molecule has 1 aliphatic rings. The van der Waals surface area contributed by atoms with Gasteiger partial charge in [0.25, 0.3) is 0 Å². The van der Waals surface area contributed by atoms with Crippen LogP contribution in [0.2, 0.25) is 0 Å². The topological polar surface area (TPSA) is 108 Å². The van der Waals surface area contributed by atoms with Gasteiger partial charge < -0.3 is 24.1 Å². The first-order chi connectivity index (χ1) is 10.7. The van der Waals surface area contributed by atoms with Crippen LogP contribution in [-0.2, 0) is 33.3 Å². The number of hydrogen-bond donors (Lipinski definition) is 1. The Labute approximate surface area is 135 Å². The fourth-order valence-electron chi connectivity index (χ4n) is 2.61. The van der Waals surface area contributed by atoms with Crippen molar-refractivity contribution in [2.24, 2.45) is 5.92 Å². The monoisotopic (exact) mass is 332 g/mol. The third-order valence-electron chi connectivity index (χ3n) is 3.41. The van der Waals surface area contributed by atoms with E-state index in [0.717, 1.165) is 0 Å². The van der Waals surface area contributed by atoms with Crippen LogP contribution in [0.4, 0.5) is 0 Å². The first kappa shape index (κ1) is 19.4. The summed E-state index contributed by atoms with van der Waals surface area (Å²) in [5.41, 5.74) is 0. The Balaban J connectivity index is 3.22. The minimum absolute atomic E-state index is 0.0928. The minimum atomic E-state index is -1.07. The van der Waals surface area contributed by atoms with Crippen molar-refractivity contribution >= 4 is 17.9 Å². The normalized spacial score (nSPS) is 30.7. The van der Waals surface area contributed by atoms with Gasteiger partial charge in [0.2, 0.25) is 0 Å². The van der Waals surface area contributed by atoms with Crippen LogP contribution in [-0.4, -0.2) is 60.1 Å². The summed E-state index contributed by atoms with van der Waals surface area (Å²) >= 11 is 0. The van der Waals surface area contributed by atoms with Crippen LogP contribution >= 0.6 is 0 Å². The predicted octanol–water partition coefficient (Wildman–Crippen LogP) is 0.197. The van der Waals surface area contributed by atoms with Crippen LogP contribution in [0.3, 0.4) is 0 Å². The van der Waals surface area contributed by atoms with Gasteiger partial charge in [0.1, 0.15) is 12.2 Å². The van der Waals surface area contributed by atoms with E-state index in [4.69, 9.17) is 18.9 Å². The molecule has 1 saturated heterocycles. The maximum Gasteiger partial charge on any atom is 0.303 e. The number of aliphatic hydroxyl groups excluding tert-OH is 1. The lowest BCUT2D eigenvalue weighted by Crippen LogP contribution is -2.63. The molecule has 1 aliphatic heterocycles. The molecule has 8 heteroatoms. The molecule has 132 valence electrons. The van der Waals surface area contributed by atoms with Crippen molar-refractivity contribution in [3.8, 4) is 0 Å². The van der Waals surface area contributed by atoms with Gasteiger partial charge in [-0.25, -0.2) is 0 Å². The Kier molecular flexibility index (Phi) is 6.96. The molecule has 8 nitrogen and oxygen atoms in total. The molecule has 0 aromatic heterocycles. The molecule has 0 amide bonds. The molecular weight excluding hydrogens is 308 g/mol. The van der Waals surface area contributed by atoms with Crippen molar-refractivity contribution in [2.75, 3.05) is 6.61 Å². The summed E-state index contributed by atoms with van der Waals surface area (Å²) in [5.74, 6) is -1.92. The average Bonchev–Trinajstić information content (AvgIpc) is 2.40. The summed E-state index contributed by atoms with van der Waals surface area (Å²) in [4.78, 5) is 34.2. The largest absolute Gasteiger partial charge is 0.456 e. The first-order valence-corrected chi connectivity index (χ1v) is 7.45. The highest BCUT2D eigenvalue weighted by Gasteiger charge is 2.52. The molecule has 1 N–H and O–H groups in total. The van der Waals surface area contributed by atoms with Gasteiger partial charge in [-0.05, 0) is 5.92 Å². The van der Waals surface area contributed by atoms with Crippen LogP contribution in [0, 0.1) is 5.92 Å². The molecule has 1 rings (SSSR count). The van der Waals surface area contributed by atoms with Crippen LogP contribution < -0.4 is 0 Å². The van der Waals surface area contributed by atoms with Crippen molar-refractivity contribution in [2.45, 2.75) is 65.1 Å². The fraction of sp³-hybridized carbons (Fsp3) is 0.800. The molecule has 0 bridgehead atoms. The van der Waals surface area contributed by atoms with E-state index in [9.17, 15) is 19.5 Å².